The fourth-order valence-corrected chi connectivity index (χ4v) is 3.30. The SMILES string of the molecule is Cc1cccc(Cn2cc(NC(=O)c3ccc(COc4c(F)c(F)cc(F)c4F)cc3)cn2)c1. The fraction of sp³-hybridized carbons (Fsp3) is 0.120. The number of halogens is 4. The van der Waals surface area contributed by atoms with E-state index in [9.17, 15) is 22.4 Å². The van der Waals surface area contributed by atoms with Crippen LogP contribution in [0.4, 0.5) is 23.2 Å². The number of carbonyl (C=O) groups excluding carboxylic acids is 1. The first-order valence-electron chi connectivity index (χ1n) is 10.2. The summed E-state index contributed by atoms with van der Waals surface area (Å²) >= 11 is 0. The van der Waals surface area contributed by atoms with E-state index in [1.807, 2.05) is 25.1 Å². The minimum Gasteiger partial charge on any atom is -0.483 e. The van der Waals surface area contributed by atoms with Gasteiger partial charge in [0.15, 0.2) is 17.4 Å². The van der Waals surface area contributed by atoms with E-state index in [1.165, 1.54) is 30.5 Å². The fourth-order valence-electron chi connectivity index (χ4n) is 3.30. The standard InChI is InChI=1S/C25H19F4N3O2/c1-15-3-2-4-17(9-15)12-32-13-19(11-30-32)31-25(33)18-7-5-16(6-8-18)14-34-24-22(28)20(26)10-21(27)23(24)29/h2-11,13H,12,14H2,1H3,(H,31,33). The molecule has 0 saturated heterocycles. The Morgan fingerprint density at radius 3 is 2.35 bits per heavy atom. The summed E-state index contributed by atoms with van der Waals surface area (Å²) in [6.45, 7) is 2.21. The molecule has 1 aromatic heterocycles. The van der Waals surface area contributed by atoms with Gasteiger partial charge in [0.1, 0.15) is 6.61 Å². The maximum atomic E-state index is 13.7. The minimum absolute atomic E-state index is 0.108. The molecule has 0 atom stereocenters. The highest BCUT2D eigenvalue weighted by molar-refractivity contribution is 6.04. The van der Waals surface area contributed by atoms with Crippen LogP contribution in [0.1, 0.15) is 27.0 Å². The molecule has 0 unspecified atom stereocenters. The van der Waals surface area contributed by atoms with Gasteiger partial charge in [0.2, 0.25) is 11.6 Å². The van der Waals surface area contributed by atoms with E-state index < -0.39 is 29.0 Å². The number of aromatic nitrogens is 2. The van der Waals surface area contributed by atoms with Crippen molar-refractivity contribution >= 4 is 11.6 Å². The van der Waals surface area contributed by atoms with Gasteiger partial charge in [0.05, 0.1) is 18.4 Å². The van der Waals surface area contributed by atoms with Gasteiger partial charge in [-0.15, -0.1) is 0 Å². The molecule has 34 heavy (non-hydrogen) atoms. The number of hydrogen-bond donors (Lipinski definition) is 1. The Hall–Kier alpha value is -4.14. The van der Waals surface area contributed by atoms with Crippen molar-refractivity contribution in [2.24, 2.45) is 0 Å². The zero-order valence-electron chi connectivity index (χ0n) is 18.0. The number of rotatable bonds is 7. The van der Waals surface area contributed by atoms with Gasteiger partial charge in [-0.1, -0.05) is 42.0 Å². The van der Waals surface area contributed by atoms with Gasteiger partial charge in [-0.2, -0.15) is 13.9 Å². The van der Waals surface area contributed by atoms with Crippen molar-refractivity contribution in [3.8, 4) is 5.75 Å². The molecule has 4 rings (SSSR count). The number of aryl methyl sites for hydroxylation is 1. The average Bonchev–Trinajstić information content (AvgIpc) is 3.24. The van der Waals surface area contributed by atoms with Gasteiger partial charge in [0, 0.05) is 17.8 Å². The van der Waals surface area contributed by atoms with E-state index in [4.69, 9.17) is 4.74 Å². The van der Waals surface area contributed by atoms with Crippen molar-refractivity contribution in [2.45, 2.75) is 20.1 Å². The highest BCUT2D eigenvalue weighted by atomic mass is 19.2. The topological polar surface area (TPSA) is 56.2 Å². The average molecular weight is 469 g/mol. The van der Waals surface area contributed by atoms with Crippen LogP contribution in [0.2, 0.25) is 0 Å². The number of nitrogens with one attached hydrogen (secondary N) is 1. The Bertz CT molecular complexity index is 1310. The normalized spacial score (nSPS) is 10.9. The van der Waals surface area contributed by atoms with Crippen molar-refractivity contribution in [1.82, 2.24) is 9.78 Å². The molecule has 1 N–H and O–H groups in total. The number of benzene rings is 3. The van der Waals surface area contributed by atoms with Gasteiger partial charge >= 0.3 is 0 Å². The number of ether oxygens (including phenoxy) is 1. The minimum atomic E-state index is -1.61. The molecule has 5 nitrogen and oxygen atoms in total. The quantitative estimate of drug-likeness (QED) is 0.282. The third kappa shape index (κ3) is 5.25. The van der Waals surface area contributed by atoms with Gasteiger partial charge in [0.25, 0.3) is 5.91 Å². The first-order valence-corrected chi connectivity index (χ1v) is 10.2. The molecule has 0 radical (unpaired) electrons. The van der Waals surface area contributed by atoms with E-state index >= 15 is 0 Å². The lowest BCUT2D eigenvalue weighted by molar-refractivity contribution is 0.102. The molecule has 174 valence electrons. The first-order chi connectivity index (χ1) is 16.3. The van der Waals surface area contributed by atoms with E-state index in [2.05, 4.69) is 16.5 Å². The number of anilines is 1. The van der Waals surface area contributed by atoms with Gasteiger partial charge in [-0.05, 0) is 30.2 Å². The van der Waals surface area contributed by atoms with Crippen LogP contribution in [0, 0.1) is 30.2 Å². The summed E-state index contributed by atoms with van der Waals surface area (Å²) in [7, 11) is 0. The van der Waals surface area contributed by atoms with E-state index in [-0.39, 0.29) is 18.6 Å². The number of carbonyl (C=O) groups is 1. The second-order valence-electron chi connectivity index (χ2n) is 7.65. The van der Waals surface area contributed by atoms with Crippen molar-refractivity contribution in [2.75, 3.05) is 5.32 Å². The lowest BCUT2D eigenvalue weighted by atomic mass is 10.1. The van der Waals surface area contributed by atoms with Gasteiger partial charge < -0.3 is 10.1 Å². The highest BCUT2D eigenvalue weighted by Gasteiger charge is 2.20. The Morgan fingerprint density at radius 2 is 1.68 bits per heavy atom. The molecule has 9 heteroatoms. The Kier molecular flexibility index (Phi) is 6.62. The van der Waals surface area contributed by atoms with E-state index in [0.717, 1.165) is 11.1 Å². The molecule has 0 fully saturated rings. The predicted molar refractivity (Wildman–Crippen MR) is 118 cm³/mol. The maximum Gasteiger partial charge on any atom is 0.255 e. The molecule has 0 aliphatic heterocycles. The Morgan fingerprint density at radius 1 is 0.971 bits per heavy atom. The Labute approximate surface area is 192 Å². The van der Waals surface area contributed by atoms with Crippen molar-refractivity contribution in [1.29, 1.82) is 0 Å². The van der Waals surface area contributed by atoms with Crippen LogP contribution in [0.15, 0.2) is 67.0 Å². The smallest absolute Gasteiger partial charge is 0.255 e. The number of hydrogen-bond acceptors (Lipinski definition) is 3. The molecule has 0 aliphatic carbocycles. The van der Waals surface area contributed by atoms with Crippen molar-refractivity contribution in [3.63, 3.8) is 0 Å². The third-order valence-corrected chi connectivity index (χ3v) is 4.99. The second-order valence-corrected chi connectivity index (χ2v) is 7.65. The molecule has 4 aromatic rings. The van der Waals surface area contributed by atoms with Crippen LogP contribution in [0.25, 0.3) is 0 Å². The molecule has 0 aliphatic rings. The van der Waals surface area contributed by atoms with Crippen LogP contribution in [-0.4, -0.2) is 15.7 Å². The number of amides is 1. The predicted octanol–water partition coefficient (Wildman–Crippen LogP) is 5.63. The summed E-state index contributed by atoms with van der Waals surface area (Å²) < 4.78 is 60.6. The summed E-state index contributed by atoms with van der Waals surface area (Å²) in [5.41, 5.74) is 3.50. The molecular formula is C25H19F4N3O2. The molecule has 3 aromatic carbocycles. The summed E-state index contributed by atoms with van der Waals surface area (Å²) in [6, 6.07) is 14.1. The molecular weight excluding hydrogens is 450 g/mol. The van der Waals surface area contributed by atoms with Crippen LogP contribution in [-0.2, 0) is 13.2 Å². The van der Waals surface area contributed by atoms with Gasteiger partial charge in [-0.25, -0.2) is 8.78 Å². The largest absolute Gasteiger partial charge is 0.483 e. The molecule has 1 heterocycles. The zero-order chi connectivity index (χ0) is 24.2. The van der Waals surface area contributed by atoms with E-state index in [0.29, 0.717) is 23.4 Å². The summed E-state index contributed by atoms with van der Waals surface area (Å²) in [4.78, 5) is 12.5. The van der Waals surface area contributed by atoms with Crippen molar-refractivity contribution in [3.05, 3.63) is 113 Å². The molecule has 0 saturated carbocycles. The maximum absolute atomic E-state index is 13.7. The van der Waals surface area contributed by atoms with Crippen LogP contribution < -0.4 is 10.1 Å². The van der Waals surface area contributed by atoms with E-state index in [1.54, 1.807) is 10.9 Å². The number of nitrogens with zero attached hydrogens (tertiary/aromatic N) is 2. The molecule has 1 amide bonds. The molecule has 0 bridgehead atoms. The van der Waals surface area contributed by atoms with Crippen LogP contribution in [0.3, 0.4) is 0 Å². The lowest BCUT2D eigenvalue weighted by Crippen LogP contribution is -2.11. The monoisotopic (exact) mass is 469 g/mol. The summed E-state index contributed by atoms with van der Waals surface area (Å²) in [6.07, 6.45) is 3.25. The Balaban J connectivity index is 1.36. The van der Waals surface area contributed by atoms with Crippen LogP contribution in [0.5, 0.6) is 5.75 Å². The second kappa shape index (κ2) is 9.78. The van der Waals surface area contributed by atoms with Gasteiger partial charge in [-0.3, -0.25) is 9.48 Å². The van der Waals surface area contributed by atoms with Crippen molar-refractivity contribution < 1.29 is 27.1 Å². The van der Waals surface area contributed by atoms with Crippen LogP contribution >= 0.6 is 0 Å². The first kappa shape index (κ1) is 23.0. The zero-order valence-corrected chi connectivity index (χ0v) is 18.0. The molecule has 0 spiro atoms. The lowest BCUT2D eigenvalue weighted by Gasteiger charge is -2.10. The summed E-state index contributed by atoms with van der Waals surface area (Å²) in [5, 5.41) is 7.00. The highest BCUT2D eigenvalue weighted by Crippen LogP contribution is 2.27. The summed E-state index contributed by atoms with van der Waals surface area (Å²) in [5.74, 6) is -7.85. The third-order valence-electron chi connectivity index (χ3n) is 4.99.